The van der Waals surface area contributed by atoms with Crippen LogP contribution in [0.1, 0.15) is 25.7 Å². The summed E-state index contributed by atoms with van der Waals surface area (Å²) in [6.07, 6.45) is 5.32. The molecule has 0 bridgehead atoms. The van der Waals surface area contributed by atoms with E-state index in [1.807, 2.05) is 0 Å². The quantitative estimate of drug-likeness (QED) is 0.775. The largest absolute Gasteiger partial charge is 0.327 e. The van der Waals surface area contributed by atoms with Gasteiger partial charge >= 0.3 is 0 Å². The van der Waals surface area contributed by atoms with E-state index in [9.17, 15) is 0 Å². The van der Waals surface area contributed by atoms with Crippen molar-refractivity contribution in [3.05, 3.63) is 0 Å². The van der Waals surface area contributed by atoms with Crippen molar-refractivity contribution >= 4 is 0 Å². The van der Waals surface area contributed by atoms with Crippen LogP contribution in [0, 0.1) is 11.8 Å². The van der Waals surface area contributed by atoms with Crippen LogP contribution in [0.4, 0.5) is 0 Å². The minimum absolute atomic E-state index is 0.484. The Morgan fingerprint density at radius 2 is 2.06 bits per heavy atom. The van der Waals surface area contributed by atoms with Gasteiger partial charge in [-0.05, 0) is 58.3 Å². The molecule has 0 aromatic heterocycles. The van der Waals surface area contributed by atoms with Crippen LogP contribution in [-0.2, 0) is 0 Å². The number of likely N-dealkylation sites (tertiary alicyclic amines) is 1. The van der Waals surface area contributed by atoms with Gasteiger partial charge in [0.25, 0.3) is 0 Å². The topological polar surface area (TPSA) is 32.5 Å². The lowest BCUT2D eigenvalue weighted by molar-refractivity contribution is 0.259. The Morgan fingerprint density at radius 1 is 1.25 bits per heavy atom. The molecule has 0 aromatic carbocycles. The standard InChI is InChI=1S/C13H27N3/c1-15(2)7-4-8-16-9-11-5-3-6-13(14)12(11)10-16/h11-13H,3-10,14H2,1-2H3. The normalized spacial score (nSPS) is 35.6. The molecular formula is C13H27N3. The molecule has 3 unspecified atom stereocenters. The molecule has 2 N–H and O–H groups in total. The van der Waals surface area contributed by atoms with Crippen LogP contribution >= 0.6 is 0 Å². The van der Waals surface area contributed by atoms with Crippen molar-refractivity contribution in [1.29, 1.82) is 0 Å². The Bertz CT molecular complexity index is 217. The predicted octanol–water partition coefficient (Wildman–Crippen LogP) is 0.997. The highest BCUT2D eigenvalue weighted by molar-refractivity contribution is 4.92. The second-order valence-corrected chi connectivity index (χ2v) is 5.94. The third-order valence-corrected chi connectivity index (χ3v) is 4.31. The van der Waals surface area contributed by atoms with Gasteiger partial charge in [-0.15, -0.1) is 0 Å². The average molecular weight is 225 g/mol. The monoisotopic (exact) mass is 225 g/mol. The molecule has 1 saturated carbocycles. The molecule has 3 atom stereocenters. The minimum atomic E-state index is 0.484. The SMILES string of the molecule is CN(C)CCCN1CC2CCCC(N)C2C1. The van der Waals surface area contributed by atoms with Crippen LogP contribution in [0.15, 0.2) is 0 Å². The average Bonchev–Trinajstić information content (AvgIpc) is 2.61. The molecule has 1 heterocycles. The van der Waals surface area contributed by atoms with E-state index in [1.54, 1.807) is 0 Å². The third kappa shape index (κ3) is 2.96. The van der Waals surface area contributed by atoms with Crippen molar-refractivity contribution in [2.24, 2.45) is 17.6 Å². The molecule has 1 aliphatic heterocycles. The molecule has 2 fully saturated rings. The highest BCUT2D eigenvalue weighted by Gasteiger charge is 2.38. The number of nitrogens with two attached hydrogens (primary N) is 1. The predicted molar refractivity (Wildman–Crippen MR) is 68.4 cm³/mol. The lowest BCUT2D eigenvalue weighted by Crippen LogP contribution is -2.38. The van der Waals surface area contributed by atoms with Gasteiger partial charge in [-0.2, -0.15) is 0 Å². The summed E-state index contributed by atoms with van der Waals surface area (Å²) in [5.74, 6) is 1.70. The molecule has 2 rings (SSSR count). The Morgan fingerprint density at radius 3 is 2.75 bits per heavy atom. The fraction of sp³-hybridized carbons (Fsp3) is 1.00. The number of rotatable bonds is 4. The molecule has 16 heavy (non-hydrogen) atoms. The number of hydrogen-bond acceptors (Lipinski definition) is 3. The van der Waals surface area contributed by atoms with Crippen molar-refractivity contribution in [1.82, 2.24) is 9.80 Å². The zero-order chi connectivity index (χ0) is 11.5. The Hall–Kier alpha value is -0.120. The summed E-state index contributed by atoms with van der Waals surface area (Å²) in [5.41, 5.74) is 6.22. The van der Waals surface area contributed by atoms with Gasteiger partial charge in [0.2, 0.25) is 0 Å². The van der Waals surface area contributed by atoms with Gasteiger partial charge in [0, 0.05) is 19.1 Å². The van der Waals surface area contributed by atoms with E-state index < -0.39 is 0 Å². The molecule has 94 valence electrons. The molecule has 1 aliphatic carbocycles. The van der Waals surface area contributed by atoms with Crippen LogP contribution in [0.5, 0.6) is 0 Å². The van der Waals surface area contributed by atoms with Crippen LogP contribution in [0.3, 0.4) is 0 Å². The Balaban J connectivity index is 1.74. The number of fused-ring (bicyclic) bond motifs is 1. The first-order valence-electron chi connectivity index (χ1n) is 6.79. The van der Waals surface area contributed by atoms with Gasteiger partial charge in [-0.25, -0.2) is 0 Å². The van der Waals surface area contributed by atoms with E-state index in [-0.39, 0.29) is 0 Å². The van der Waals surface area contributed by atoms with Gasteiger partial charge < -0.3 is 15.5 Å². The number of nitrogens with zero attached hydrogens (tertiary/aromatic N) is 2. The first-order chi connectivity index (χ1) is 7.66. The molecule has 0 radical (unpaired) electrons. The van der Waals surface area contributed by atoms with Crippen molar-refractivity contribution in [3.8, 4) is 0 Å². The summed E-state index contributed by atoms with van der Waals surface area (Å²) in [7, 11) is 4.30. The van der Waals surface area contributed by atoms with Crippen LogP contribution in [0.2, 0.25) is 0 Å². The zero-order valence-electron chi connectivity index (χ0n) is 10.9. The number of hydrogen-bond donors (Lipinski definition) is 1. The fourth-order valence-electron chi connectivity index (χ4n) is 3.40. The molecular weight excluding hydrogens is 198 g/mol. The molecule has 0 spiro atoms. The molecule has 0 amide bonds. The third-order valence-electron chi connectivity index (χ3n) is 4.31. The molecule has 1 saturated heterocycles. The van der Waals surface area contributed by atoms with E-state index in [0.29, 0.717) is 6.04 Å². The van der Waals surface area contributed by atoms with E-state index in [4.69, 9.17) is 5.73 Å². The summed E-state index contributed by atoms with van der Waals surface area (Å²) in [6, 6.07) is 0.484. The molecule has 2 aliphatic rings. The Labute approximate surface area is 100.0 Å². The first-order valence-corrected chi connectivity index (χ1v) is 6.79. The summed E-state index contributed by atoms with van der Waals surface area (Å²) in [5, 5.41) is 0. The summed E-state index contributed by atoms with van der Waals surface area (Å²) >= 11 is 0. The first kappa shape index (κ1) is 12.3. The fourth-order valence-corrected chi connectivity index (χ4v) is 3.40. The highest BCUT2D eigenvalue weighted by Crippen LogP contribution is 2.35. The van der Waals surface area contributed by atoms with Crippen molar-refractivity contribution in [2.75, 3.05) is 40.3 Å². The van der Waals surface area contributed by atoms with Crippen LogP contribution < -0.4 is 5.73 Å². The van der Waals surface area contributed by atoms with Crippen molar-refractivity contribution in [2.45, 2.75) is 31.7 Å². The Kier molecular flexibility index (Phi) is 4.22. The van der Waals surface area contributed by atoms with E-state index in [1.165, 1.54) is 51.9 Å². The van der Waals surface area contributed by atoms with Crippen molar-refractivity contribution < 1.29 is 0 Å². The van der Waals surface area contributed by atoms with Gasteiger partial charge in [0.15, 0.2) is 0 Å². The lowest BCUT2D eigenvalue weighted by atomic mass is 9.78. The van der Waals surface area contributed by atoms with Crippen molar-refractivity contribution in [3.63, 3.8) is 0 Å². The summed E-state index contributed by atoms with van der Waals surface area (Å²) in [6.45, 7) is 5.04. The minimum Gasteiger partial charge on any atom is -0.327 e. The zero-order valence-corrected chi connectivity index (χ0v) is 10.9. The van der Waals surface area contributed by atoms with E-state index >= 15 is 0 Å². The van der Waals surface area contributed by atoms with Gasteiger partial charge in [0.1, 0.15) is 0 Å². The maximum absolute atomic E-state index is 6.22. The maximum atomic E-state index is 6.22. The van der Waals surface area contributed by atoms with E-state index in [2.05, 4.69) is 23.9 Å². The maximum Gasteiger partial charge on any atom is 0.00825 e. The van der Waals surface area contributed by atoms with E-state index in [0.717, 1.165) is 11.8 Å². The summed E-state index contributed by atoms with van der Waals surface area (Å²) in [4.78, 5) is 4.92. The lowest BCUT2D eigenvalue weighted by Gasteiger charge is -2.29. The summed E-state index contributed by atoms with van der Waals surface area (Å²) < 4.78 is 0. The highest BCUT2D eigenvalue weighted by atomic mass is 15.2. The van der Waals surface area contributed by atoms with Crippen LogP contribution in [0.25, 0.3) is 0 Å². The van der Waals surface area contributed by atoms with Gasteiger partial charge in [-0.1, -0.05) is 6.42 Å². The van der Waals surface area contributed by atoms with Crippen LogP contribution in [-0.4, -0.2) is 56.1 Å². The smallest absolute Gasteiger partial charge is 0.00825 e. The van der Waals surface area contributed by atoms with Gasteiger partial charge in [-0.3, -0.25) is 0 Å². The second-order valence-electron chi connectivity index (χ2n) is 5.94. The second kappa shape index (κ2) is 5.48. The molecule has 3 nitrogen and oxygen atoms in total. The van der Waals surface area contributed by atoms with Gasteiger partial charge in [0.05, 0.1) is 0 Å². The molecule has 0 aromatic rings. The molecule has 3 heteroatoms.